The van der Waals surface area contributed by atoms with E-state index in [0.717, 1.165) is 0 Å². The van der Waals surface area contributed by atoms with Gasteiger partial charge in [0, 0.05) is 10.2 Å². The van der Waals surface area contributed by atoms with Crippen LogP contribution in [-0.4, -0.2) is 6.04 Å². The summed E-state index contributed by atoms with van der Waals surface area (Å²) in [4.78, 5) is 0. The van der Waals surface area contributed by atoms with Crippen LogP contribution in [0.2, 0.25) is 0 Å². The molecule has 1 unspecified atom stereocenters. The zero-order chi connectivity index (χ0) is 6.78. The lowest BCUT2D eigenvalue weighted by atomic mass is 10.3. The smallest absolute Gasteiger partial charge is 0.0246 e. The van der Waals surface area contributed by atoms with Gasteiger partial charge in [-0.05, 0) is 13.3 Å². The van der Waals surface area contributed by atoms with Crippen LogP contribution in [-0.2, 0) is 0 Å². The molecular weight excluding hydrogens is 62.1 g/mol. The summed E-state index contributed by atoms with van der Waals surface area (Å²) in [6, 6.07) is -0.650. The third-order valence-corrected chi connectivity index (χ3v) is 0.440. The average Bonchev–Trinajstić information content (AvgIpc) is 1.62. The van der Waals surface area contributed by atoms with Gasteiger partial charge >= 0.3 is 0 Å². The highest BCUT2D eigenvalue weighted by Crippen LogP contribution is 1.77. The van der Waals surface area contributed by atoms with Crippen LogP contribution in [0, 0.1) is 0 Å². The fourth-order valence-electron chi connectivity index (χ4n) is 0. The molecule has 1 heteroatoms. The van der Waals surface area contributed by atoms with Crippen molar-refractivity contribution in [3.63, 3.8) is 0 Å². The maximum absolute atomic E-state index is 6.75. The largest absolute Gasteiger partial charge is 0.328 e. The maximum atomic E-state index is 6.75. The second-order valence-corrected chi connectivity index (χ2v) is 1.01. The van der Waals surface area contributed by atoms with Gasteiger partial charge in [0.05, 0.1) is 0 Å². The van der Waals surface area contributed by atoms with Crippen LogP contribution in [0.3, 0.4) is 0 Å². The molecule has 0 aromatic heterocycles. The molecule has 0 saturated carbocycles. The molecule has 0 aliphatic rings. The SMILES string of the molecule is [2H]C([2H])([2H])C(N)CC. The molecule has 1 nitrogen and oxygen atoms in total. The molecule has 0 amide bonds. The van der Waals surface area contributed by atoms with Gasteiger partial charge in [0.2, 0.25) is 0 Å². The molecule has 0 heterocycles. The van der Waals surface area contributed by atoms with Crippen molar-refractivity contribution in [3.8, 4) is 0 Å². The fraction of sp³-hybridized carbons (Fsp3) is 1.00. The molecule has 0 aliphatic carbocycles. The van der Waals surface area contributed by atoms with E-state index in [0.29, 0.717) is 6.42 Å². The lowest BCUT2D eigenvalue weighted by Crippen LogP contribution is -2.11. The molecule has 32 valence electrons. The maximum Gasteiger partial charge on any atom is 0.0246 e. The van der Waals surface area contributed by atoms with Crippen molar-refractivity contribution in [2.45, 2.75) is 26.2 Å². The Morgan fingerprint density at radius 1 is 2.20 bits per heavy atom. The average molecular weight is 76.2 g/mol. The summed E-state index contributed by atoms with van der Waals surface area (Å²) in [5.41, 5.74) is 5.19. The van der Waals surface area contributed by atoms with Crippen molar-refractivity contribution < 1.29 is 4.11 Å². The highest BCUT2D eigenvalue weighted by atomic mass is 14.6. The Balaban J connectivity index is 3.62. The molecule has 5 heavy (non-hydrogen) atoms. The Morgan fingerprint density at radius 3 is 2.80 bits per heavy atom. The summed E-state index contributed by atoms with van der Waals surface area (Å²) in [5.74, 6) is 0. The van der Waals surface area contributed by atoms with Crippen LogP contribution in [0.4, 0.5) is 0 Å². The van der Waals surface area contributed by atoms with Crippen molar-refractivity contribution in [2.75, 3.05) is 0 Å². The van der Waals surface area contributed by atoms with Gasteiger partial charge in [-0.25, -0.2) is 0 Å². The van der Waals surface area contributed by atoms with Gasteiger partial charge in [0.1, 0.15) is 0 Å². The number of nitrogens with two attached hydrogens (primary N) is 1. The molecule has 0 radical (unpaired) electrons. The van der Waals surface area contributed by atoms with Gasteiger partial charge in [-0.15, -0.1) is 0 Å². The normalized spacial score (nSPS) is 26.4. The summed E-state index contributed by atoms with van der Waals surface area (Å²) >= 11 is 0. The molecule has 0 spiro atoms. The van der Waals surface area contributed by atoms with Crippen molar-refractivity contribution in [2.24, 2.45) is 5.73 Å². The van der Waals surface area contributed by atoms with E-state index in [4.69, 9.17) is 9.85 Å². The highest BCUT2D eigenvalue weighted by Gasteiger charge is 1.79. The Kier molecular flexibility index (Phi) is 0.711. The van der Waals surface area contributed by atoms with Gasteiger partial charge in [-0.2, -0.15) is 0 Å². The number of hydrogen-bond acceptors (Lipinski definition) is 1. The van der Waals surface area contributed by atoms with E-state index >= 15 is 0 Å². The molecular formula is C4H11N. The van der Waals surface area contributed by atoms with Gasteiger partial charge in [0.25, 0.3) is 0 Å². The third-order valence-electron chi connectivity index (χ3n) is 0.440. The fourth-order valence-corrected chi connectivity index (χ4v) is 0. The second kappa shape index (κ2) is 2.21. The Morgan fingerprint density at radius 2 is 2.80 bits per heavy atom. The van der Waals surface area contributed by atoms with Gasteiger partial charge in [-0.3, -0.25) is 0 Å². The molecule has 0 rings (SSSR count). The second-order valence-electron chi connectivity index (χ2n) is 1.01. The van der Waals surface area contributed by atoms with E-state index < -0.39 is 12.9 Å². The van der Waals surface area contributed by atoms with Crippen LogP contribution < -0.4 is 5.73 Å². The first-order valence-corrected chi connectivity index (χ1v) is 1.74. The predicted molar refractivity (Wildman–Crippen MR) is 23.9 cm³/mol. The third kappa shape index (κ3) is 3.96. The minimum atomic E-state index is -1.96. The number of rotatable bonds is 1. The summed E-state index contributed by atoms with van der Waals surface area (Å²) < 4.78 is 20.2. The van der Waals surface area contributed by atoms with Crippen LogP contribution in [0.15, 0.2) is 0 Å². The molecule has 0 aromatic carbocycles. The first-order chi connectivity index (χ1) is 3.48. The van der Waals surface area contributed by atoms with Crippen LogP contribution >= 0.6 is 0 Å². The number of hydrogen-bond donors (Lipinski definition) is 1. The molecule has 2 N–H and O–H groups in total. The van der Waals surface area contributed by atoms with Gasteiger partial charge in [0.15, 0.2) is 0 Å². The highest BCUT2D eigenvalue weighted by molar-refractivity contribution is 4.43. The first-order valence-electron chi connectivity index (χ1n) is 3.24. The van der Waals surface area contributed by atoms with Gasteiger partial charge < -0.3 is 5.73 Å². The van der Waals surface area contributed by atoms with E-state index in [1.165, 1.54) is 0 Å². The zero-order valence-electron chi connectivity index (χ0n) is 6.36. The lowest BCUT2D eigenvalue weighted by Gasteiger charge is -1.91. The van der Waals surface area contributed by atoms with Gasteiger partial charge in [-0.1, -0.05) is 6.92 Å². The quantitative estimate of drug-likeness (QED) is 0.490. The minimum absolute atomic E-state index is 0.510. The van der Waals surface area contributed by atoms with Crippen molar-refractivity contribution in [1.82, 2.24) is 0 Å². The topological polar surface area (TPSA) is 26.0 Å². The summed E-state index contributed by atoms with van der Waals surface area (Å²) in [7, 11) is 0. The monoisotopic (exact) mass is 76.1 g/mol. The Hall–Kier alpha value is -0.0400. The first kappa shape index (κ1) is 1.61. The predicted octanol–water partition coefficient (Wildman–Crippen LogP) is 0.744. The molecule has 0 aliphatic heterocycles. The zero-order valence-corrected chi connectivity index (χ0v) is 3.36. The standard InChI is InChI=1S/C4H11N/c1-3-4(2)5/h4H,3,5H2,1-2H3/i2D3. The van der Waals surface area contributed by atoms with Crippen molar-refractivity contribution in [3.05, 3.63) is 0 Å². The molecule has 0 bridgehead atoms. The minimum Gasteiger partial charge on any atom is -0.328 e. The molecule has 0 saturated heterocycles. The van der Waals surface area contributed by atoms with Crippen molar-refractivity contribution in [1.29, 1.82) is 0 Å². The van der Waals surface area contributed by atoms with Crippen LogP contribution in [0.5, 0.6) is 0 Å². The lowest BCUT2D eigenvalue weighted by molar-refractivity contribution is 0.715. The summed E-state index contributed by atoms with van der Waals surface area (Å²) in [6.45, 7) is -0.203. The van der Waals surface area contributed by atoms with E-state index in [1.54, 1.807) is 6.92 Å². The van der Waals surface area contributed by atoms with E-state index in [1.807, 2.05) is 0 Å². The summed E-state index contributed by atoms with van der Waals surface area (Å²) in [6.07, 6.45) is 0.510. The Labute approximate surface area is 37.4 Å². The Bertz CT molecular complexity index is 68.2. The molecule has 0 aromatic rings. The van der Waals surface area contributed by atoms with E-state index in [-0.39, 0.29) is 0 Å². The molecule has 0 fully saturated rings. The van der Waals surface area contributed by atoms with Crippen molar-refractivity contribution >= 4 is 0 Å². The summed E-state index contributed by atoms with van der Waals surface area (Å²) in [5, 5.41) is 0. The molecule has 1 atom stereocenters. The van der Waals surface area contributed by atoms with E-state index in [9.17, 15) is 0 Å². The van der Waals surface area contributed by atoms with Crippen LogP contribution in [0.1, 0.15) is 24.3 Å². The van der Waals surface area contributed by atoms with Crippen LogP contribution in [0.25, 0.3) is 0 Å². The van der Waals surface area contributed by atoms with E-state index in [2.05, 4.69) is 0 Å².